The minimum absolute atomic E-state index is 0.160. The first-order valence-corrected chi connectivity index (χ1v) is 25.9. The molecule has 0 N–H and O–H groups in total. The maximum atomic E-state index is 2.31. The van der Waals surface area contributed by atoms with Crippen LogP contribution in [0, 0.1) is 0 Å². The molecule has 0 aliphatic heterocycles. The van der Waals surface area contributed by atoms with Gasteiger partial charge in [-0.2, -0.15) is 0 Å². The fourth-order valence-electron chi connectivity index (χ4n) is 12.1. The maximum Gasteiger partial charge on any atom is 0.0725 e. The summed E-state index contributed by atoms with van der Waals surface area (Å²) in [6.07, 6.45) is 0. The third-order valence-electron chi connectivity index (χ3n) is 14.8. The fourth-order valence-corrected chi connectivity index (χ4v) is 12.1. The van der Waals surface area contributed by atoms with Crippen molar-refractivity contribution in [1.29, 1.82) is 0 Å². The van der Waals surface area contributed by atoms with E-state index in [0.717, 1.165) is 0 Å². The van der Waals surface area contributed by atoms with Crippen LogP contribution in [0.4, 0.5) is 0 Å². The standard InChI is InChI=1S/C25H16.C25H18.C15H14.3C2H6/c1-5-13-21-17(9-1)18-10-2-6-14-22(18)25(21)23-15-7-3-11-19(23)20-12-4-8-16-24(20)25;1-3-11-19(12-4-1)25(20-13-5-2-6-14-20)23-17-9-7-15-21(23)22-16-8-10-18-24(22)25;1-15(2)13-9-5-3-7-11(13)12-8-4-6-10-14(12)15;3*1-2/h1-16H;1-18H;3-10H,1-2H3;3*1-2H3. The SMILES string of the molecule is CC.CC.CC.CC1(C)c2ccccc2-c2ccccc21.c1ccc(C2(c3ccccc3)c3ccccc3-c3ccccc32)cc1.c1ccc2c(c1)-c1ccccc1C21c2ccccc2-c2ccccc21. The lowest BCUT2D eigenvalue weighted by Crippen LogP contribution is -2.28. The van der Waals surface area contributed by atoms with Gasteiger partial charge in [-0.25, -0.2) is 0 Å². The lowest BCUT2D eigenvalue weighted by molar-refractivity contribution is 0.660. The smallest absolute Gasteiger partial charge is 0.0683 e. The van der Waals surface area contributed by atoms with Crippen molar-refractivity contribution in [1.82, 2.24) is 0 Å². The topological polar surface area (TPSA) is 0 Å². The number of benzene rings is 10. The van der Waals surface area contributed by atoms with Crippen molar-refractivity contribution in [2.75, 3.05) is 0 Å². The molecule has 0 unspecified atom stereocenters. The van der Waals surface area contributed by atoms with Gasteiger partial charge >= 0.3 is 0 Å². The molecule has 0 saturated heterocycles. The summed E-state index contributed by atoms with van der Waals surface area (Å²) in [6, 6.07) is 92.6. The Morgan fingerprint density at radius 2 is 0.352 bits per heavy atom. The number of hydrogen-bond acceptors (Lipinski definition) is 0. The van der Waals surface area contributed by atoms with Gasteiger partial charge in [0.25, 0.3) is 0 Å². The van der Waals surface area contributed by atoms with Crippen LogP contribution >= 0.6 is 0 Å². The molecular weight excluding hydrogens is 853 g/mol. The van der Waals surface area contributed by atoms with Crippen LogP contribution in [0.5, 0.6) is 0 Å². The summed E-state index contributed by atoms with van der Waals surface area (Å²) in [6.45, 7) is 16.6. The van der Waals surface area contributed by atoms with Gasteiger partial charge in [-0.05, 0) is 100 Å². The zero-order valence-electron chi connectivity index (χ0n) is 42.7. The lowest BCUT2D eigenvalue weighted by atomic mass is 9.68. The van der Waals surface area contributed by atoms with E-state index >= 15 is 0 Å². The first-order valence-electron chi connectivity index (χ1n) is 25.9. The molecule has 1 spiro atoms. The van der Waals surface area contributed by atoms with Gasteiger partial charge < -0.3 is 0 Å². The van der Waals surface area contributed by atoms with Crippen LogP contribution in [0.1, 0.15) is 111 Å². The van der Waals surface area contributed by atoms with Crippen LogP contribution in [0.25, 0.3) is 44.5 Å². The van der Waals surface area contributed by atoms with Crippen molar-refractivity contribution < 1.29 is 0 Å². The zero-order valence-corrected chi connectivity index (χ0v) is 42.7. The number of fused-ring (bicyclic) bond motifs is 16. The largest absolute Gasteiger partial charge is 0.0725 e. The van der Waals surface area contributed by atoms with Gasteiger partial charge in [0.2, 0.25) is 0 Å². The van der Waals surface area contributed by atoms with Crippen LogP contribution in [-0.2, 0) is 16.2 Å². The molecule has 0 saturated carbocycles. The van der Waals surface area contributed by atoms with Crippen molar-refractivity contribution >= 4 is 0 Å². The highest BCUT2D eigenvalue weighted by Gasteiger charge is 2.51. The third kappa shape index (κ3) is 7.60. The number of rotatable bonds is 2. The molecule has 0 atom stereocenters. The molecule has 0 amide bonds. The summed E-state index contributed by atoms with van der Waals surface area (Å²) in [7, 11) is 0. The second-order valence-corrected chi connectivity index (χ2v) is 18.2. The van der Waals surface area contributed by atoms with Gasteiger partial charge in [0.1, 0.15) is 0 Å². The molecular formula is C71H66. The van der Waals surface area contributed by atoms with E-state index in [9.17, 15) is 0 Å². The Bertz CT molecular complexity index is 2960. The average Bonchev–Trinajstić information content (AvgIpc) is 4.13. The highest BCUT2D eigenvalue weighted by molar-refractivity contribution is 5.95. The lowest BCUT2D eigenvalue weighted by Gasteiger charge is -2.33. The summed E-state index contributed by atoms with van der Waals surface area (Å²) in [5.74, 6) is 0. The van der Waals surface area contributed by atoms with Crippen LogP contribution in [0.15, 0.2) is 255 Å². The van der Waals surface area contributed by atoms with E-state index in [2.05, 4.69) is 269 Å². The highest BCUT2D eigenvalue weighted by atomic mass is 14.5. The first-order chi connectivity index (χ1) is 35.1. The van der Waals surface area contributed by atoms with Crippen LogP contribution in [-0.4, -0.2) is 0 Å². The van der Waals surface area contributed by atoms with Gasteiger partial charge in [0.15, 0.2) is 0 Å². The molecule has 0 heterocycles. The molecule has 10 aromatic rings. The van der Waals surface area contributed by atoms with Gasteiger partial charge in [-0.1, -0.05) is 310 Å². The fraction of sp³-hybridized carbons (Fsp3) is 0.155. The van der Waals surface area contributed by atoms with Crippen molar-refractivity contribution in [2.45, 2.75) is 71.6 Å². The van der Waals surface area contributed by atoms with E-state index in [1.54, 1.807) is 0 Å². The van der Waals surface area contributed by atoms with Gasteiger partial charge in [0, 0.05) is 5.41 Å². The second-order valence-electron chi connectivity index (χ2n) is 18.2. The van der Waals surface area contributed by atoms with Crippen molar-refractivity contribution in [3.05, 3.63) is 310 Å². The predicted molar refractivity (Wildman–Crippen MR) is 305 cm³/mol. The quantitative estimate of drug-likeness (QED) is 0.162. The predicted octanol–water partition coefficient (Wildman–Crippen LogP) is 19.2. The Morgan fingerprint density at radius 1 is 0.183 bits per heavy atom. The summed E-state index contributed by atoms with van der Waals surface area (Å²) in [5, 5.41) is 0. The summed E-state index contributed by atoms with van der Waals surface area (Å²) >= 11 is 0. The monoisotopic (exact) mass is 919 g/mol. The Hall–Kier alpha value is -7.80. The Kier molecular flexibility index (Phi) is 14.0. The van der Waals surface area contributed by atoms with E-state index < -0.39 is 0 Å². The average molecular weight is 919 g/mol. The van der Waals surface area contributed by atoms with Crippen molar-refractivity contribution in [2.24, 2.45) is 0 Å². The van der Waals surface area contributed by atoms with E-state index in [4.69, 9.17) is 0 Å². The number of hydrogen-bond donors (Lipinski definition) is 0. The Morgan fingerprint density at radius 3 is 0.592 bits per heavy atom. The van der Waals surface area contributed by atoms with E-state index in [0.29, 0.717) is 0 Å². The Balaban J connectivity index is 0.000000129. The van der Waals surface area contributed by atoms with Crippen molar-refractivity contribution in [3.63, 3.8) is 0 Å². The minimum atomic E-state index is -0.254. The molecule has 0 bridgehead atoms. The van der Waals surface area contributed by atoms with Gasteiger partial charge in [0.05, 0.1) is 10.8 Å². The van der Waals surface area contributed by atoms with Crippen molar-refractivity contribution in [3.8, 4) is 44.5 Å². The van der Waals surface area contributed by atoms with E-state index in [1.165, 1.54) is 100 Å². The van der Waals surface area contributed by atoms with E-state index in [1.807, 2.05) is 41.5 Å². The minimum Gasteiger partial charge on any atom is -0.0683 e. The molecule has 0 heteroatoms. The molecule has 0 radical (unpaired) electrons. The normalized spacial score (nSPS) is 13.7. The van der Waals surface area contributed by atoms with Gasteiger partial charge in [-0.3, -0.25) is 0 Å². The summed E-state index contributed by atoms with van der Waals surface area (Å²) in [4.78, 5) is 0. The third-order valence-corrected chi connectivity index (χ3v) is 14.8. The summed E-state index contributed by atoms with van der Waals surface area (Å²) in [5.41, 5.74) is 24.6. The molecule has 71 heavy (non-hydrogen) atoms. The maximum absolute atomic E-state index is 2.31. The Labute approximate surface area is 424 Å². The van der Waals surface area contributed by atoms with Crippen LogP contribution in [0.2, 0.25) is 0 Å². The zero-order chi connectivity index (χ0) is 49.6. The molecule has 0 fully saturated rings. The highest BCUT2D eigenvalue weighted by Crippen LogP contribution is 2.62. The summed E-state index contributed by atoms with van der Waals surface area (Å²) < 4.78 is 0. The molecule has 14 rings (SSSR count). The van der Waals surface area contributed by atoms with E-state index in [-0.39, 0.29) is 16.2 Å². The molecule has 0 aromatic heterocycles. The molecule has 10 aromatic carbocycles. The van der Waals surface area contributed by atoms with Crippen LogP contribution < -0.4 is 0 Å². The second kappa shape index (κ2) is 20.7. The van der Waals surface area contributed by atoms with Crippen LogP contribution in [0.3, 0.4) is 0 Å². The first kappa shape index (κ1) is 48.2. The molecule has 350 valence electrons. The molecule has 4 aliphatic rings. The molecule has 0 nitrogen and oxygen atoms in total. The van der Waals surface area contributed by atoms with Gasteiger partial charge in [-0.15, -0.1) is 0 Å². The molecule has 4 aliphatic carbocycles.